The Morgan fingerprint density at radius 2 is 1.42 bits per heavy atom. The lowest BCUT2D eigenvalue weighted by atomic mass is 10.2. The summed E-state index contributed by atoms with van der Waals surface area (Å²) in [6.07, 6.45) is 8.05. The molecule has 4 aromatic heterocycles. The summed E-state index contributed by atoms with van der Waals surface area (Å²) in [5.74, 6) is 1.95. The van der Waals surface area contributed by atoms with Crippen LogP contribution in [0.5, 0.6) is 0 Å². The molecule has 11 nitrogen and oxygen atoms in total. The van der Waals surface area contributed by atoms with Crippen molar-refractivity contribution in [2.45, 2.75) is 0 Å². The van der Waals surface area contributed by atoms with Gasteiger partial charge in [0.05, 0.1) is 23.5 Å². The first kappa shape index (κ1) is 21.1. The van der Waals surface area contributed by atoms with Gasteiger partial charge >= 0.3 is 0 Å². The minimum absolute atomic E-state index is 0.282. The van der Waals surface area contributed by atoms with E-state index in [1.54, 1.807) is 30.7 Å². The molecular formula is C25H19N9O2. The van der Waals surface area contributed by atoms with Gasteiger partial charge in [0.15, 0.2) is 5.49 Å². The first-order valence-electron chi connectivity index (χ1n) is 10.9. The van der Waals surface area contributed by atoms with Crippen LogP contribution in [0.1, 0.15) is 0 Å². The number of nitrogens with zero attached hydrogens (tertiary/aromatic N) is 5. The molecule has 0 unspecified atom stereocenters. The molecule has 4 heterocycles. The third kappa shape index (κ3) is 3.90. The van der Waals surface area contributed by atoms with Crippen LogP contribution in [0.15, 0.2) is 93.5 Å². The van der Waals surface area contributed by atoms with Crippen molar-refractivity contribution in [3.05, 3.63) is 85.1 Å². The molecule has 0 bridgehead atoms. The third-order valence-electron chi connectivity index (χ3n) is 5.45. The number of benzene rings is 2. The summed E-state index contributed by atoms with van der Waals surface area (Å²) < 4.78 is 11.7. The van der Waals surface area contributed by atoms with Crippen LogP contribution in [-0.4, -0.2) is 24.9 Å². The van der Waals surface area contributed by atoms with Crippen molar-refractivity contribution in [3.8, 4) is 22.9 Å². The van der Waals surface area contributed by atoms with Crippen molar-refractivity contribution in [1.82, 2.24) is 24.9 Å². The lowest BCUT2D eigenvalue weighted by Gasteiger charge is -2.01. The van der Waals surface area contributed by atoms with E-state index in [-0.39, 0.29) is 5.88 Å². The summed E-state index contributed by atoms with van der Waals surface area (Å²) in [5.41, 5.74) is 15.0. The Morgan fingerprint density at radius 3 is 2.17 bits per heavy atom. The number of nitrogens with two attached hydrogens (primary N) is 2. The van der Waals surface area contributed by atoms with E-state index >= 15 is 0 Å². The van der Waals surface area contributed by atoms with Crippen LogP contribution in [0.25, 0.3) is 33.7 Å². The van der Waals surface area contributed by atoms with Gasteiger partial charge in [-0.15, -0.1) is 0 Å². The smallest absolute Gasteiger partial charge is 0.241 e. The second-order valence-electron chi connectivity index (χ2n) is 7.77. The highest BCUT2D eigenvalue weighted by Crippen LogP contribution is 2.30. The predicted octanol–water partition coefficient (Wildman–Crippen LogP) is 4.41. The zero-order valence-electron chi connectivity index (χ0n) is 18.7. The van der Waals surface area contributed by atoms with E-state index in [2.05, 4.69) is 35.2 Å². The fourth-order valence-corrected chi connectivity index (χ4v) is 3.72. The van der Waals surface area contributed by atoms with Gasteiger partial charge in [-0.25, -0.2) is 19.9 Å². The average molecular weight is 477 g/mol. The van der Waals surface area contributed by atoms with E-state index < -0.39 is 0 Å². The maximum Gasteiger partial charge on any atom is 0.241 e. The summed E-state index contributed by atoms with van der Waals surface area (Å²) in [6, 6.07) is 14.7. The second kappa shape index (κ2) is 8.72. The van der Waals surface area contributed by atoms with Crippen LogP contribution < -0.4 is 22.3 Å². The summed E-state index contributed by atoms with van der Waals surface area (Å²) in [7, 11) is 0. The molecule has 0 spiro atoms. The SMILES string of the molecule is Nc1ccccc1-c1ncc(/N=c2\ncnc(Nc3cnc(-c4ccccc4N)o3)c3c[nH]cc23)o1. The number of para-hydroxylation sites is 2. The van der Waals surface area contributed by atoms with Crippen LogP contribution in [0.2, 0.25) is 0 Å². The maximum atomic E-state index is 6.04. The number of nitrogen functional groups attached to an aromatic ring is 2. The Balaban J connectivity index is 1.35. The van der Waals surface area contributed by atoms with Gasteiger partial charge < -0.3 is 30.6 Å². The van der Waals surface area contributed by atoms with Crippen LogP contribution in [0.3, 0.4) is 0 Å². The van der Waals surface area contributed by atoms with E-state index in [1.807, 2.05) is 36.4 Å². The van der Waals surface area contributed by atoms with Crippen molar-refractivity contribution >= 4 is 39.7 Å². The number of hydrogen-bond donors (Lipinski definition) is 4. The fraction of sp³-hybridized carbons (Fsp3) is 0. The summed E-state index contributed by atoms with van der Waals surface area (Å²) >= 11 is 0. The largest absolute Gasteiger partial charge is 0.420 e. The minimum atomic E-state index is 0.282. The lowest BCUT2D eigenvalue weighted by Crippen LogP contribution is -2.03. The Bertz CT molecular complexity index is 1770. The van der Waals surface area contributed by atoms with E-state index in [4.69, 9.17) is 20.3 Å². The van der Waals surface area contributed by atoms with Crippen molar-refractivity contribution in [2.75, 3.05) is 16.8 Å². The van der Waals surface area contributed by atoms with E-state index in [9.17, 15) is 0 Å². The number of aromatic amines is 1. The number of aromatic nitrogens is 5. The molecule has 11 heteroatoms. The summed E-state index contributed by atoms with van der Waals surface area (Å²) in [4.78, 5) is 25.1. The average Bonchev–Trinajstić information content (AvgIpc) is 3.63. The number of fused-ring (bicyclic) bond motifs is 1. The number of rotatable bonds is 5. The highest BCUT2D eigenvalue weighted by atomic mass is 16.4. The van der Waals surface area contributed by atoms with Crippen molar-refractivity contribution in [3.63, 3.8) is 0 Å². The van der Waals surface area contributed by atoms with Crippen LogP contribution in [0.4, 0.5) is 29.0 Å². The van der Waals surface area contributed by atoms with Gasteiger partial charge in [0.25, 0.3) is 0 Å². The first-order valence-corrected chi connectivity index (χ1v) is 10.9. The van der Waals surface area contributed by atoms with Crippen molar-refractivity contribution in [2.24, 2.45) is 4.99 Å². The molecular weight excluding hydrogens is 458 g/mol. The van der Waals surface area contributed by atoms with Gasteiger partial charge in [0.1, 0.15) is 12.1 Å². The second-order valence-corrected chi connectivity index (χ2v) is 7.77. The third-order valence-corrected chi connectivity index (χ3v) is 5.45. The van der Waals surface area contributed by atoms with Gasteiger partial charge in [0.2, 0.25) is 23.5 Å². The van der Waals surface area contributed by atoms with Gasteiger partial charge in [-0.05, 0) is 24.3 Å². The number of H-pyrrole nitrogens is 1. The molecule has 0 radical (unpaired) electrons. The minimum Gasteiger partial charge on any atom is -0.420 e. The molecule has 0 aliphatic heterocycles. The zero-order valence-corrected chi connectivity index (χ0v) is 18.7. The van der Waals surface area contributed by atoms with Crippen LogP contribution in [-0.2, 0) is 0 Å². The predicted molar refractivity (Wildman–Crippen MR) is 135 cm³/mol. The molecule has 36 heavy (non-hydrogen) atoms. The molecule has 6 N–H and O–H groups in total. The molecule has 0 aliphatic rings. The molecule has 6 rings (SSSR count). The summed E-state index contributed by atoms with van der Waals surface area (Å²) in [6.45, 7) is 0. The molecule has 0 saturated heterocycles. The normalized spacial score (nSPS) is 11.7. The Kier molecular flexibility index (Phi) is 5.11. The van der Waals surface area contributed by atoms with E-state index in [0.29, 0.717) is 56.9 Å². The maximum absolute atomic E-state index is 6.04. The molecule has 0 saturated carbocycles. The Morgan fingerprint density at radius 1 is 0.750 bits per heavy atom. The molecule has 0 fully saturated rings. The fourth-order valence-electron chi connectivity index (χ4n) is 3.72. The zero-order chi connectivity index (χ0) is 24.5. The number of oxazole rings is 2. The molecule has 0 aliphatic carbocycles. The first-order chi connectivity index (χ1) is 17.7. The highest BCUT2D eigenvalue weighted by Gasteiger charge is 2.13. The van der Waals surface area contributed by atoms with Gasteiger partial charge in [-0.2, -0.15) is 4.99 Å². The van der Waals surface area contributed by atoms with Gasteiger partial charge in [-0.1, -0.05) is 24.3 Å². The van der Waals surface area contributed by atoms with E-state index in [0.717, 1.165) is 5.39 Å². The number of anilines is 4. The topological polar surface area (TPSA) is 170 Å². The number of nitrogens with one attached hydrogen (secondary N) is 2. The van der Waals surface area contributed by atoms with E-state index in [1.165, 1.54) is 12.5 Å². The molecule has 2 aromatic carbocycles. The standard InChI is InChI=1S/C25H19N9O2/c26-18-7-3-1-5-14(18)24-29-11-20(35-24)33-22-16-9-28-10-17(16)23(32-13-31-22)34-21-12-30-25(36-21)15-6-2-4-8-19(15)27/h1-13,28H,26-27H2,(H,31,32,33,34). The molecule has 176 valence electrons. The van der Waals surface area contributed by atoms with Gasteiger partial charge in [0, 0.05) is 34.5 Å². The molecule has 6 aromatic rings. The number of hydrogen-bond acceptors (Lipinski definition) is 10. The Hall–Kier alpha value is -5.45. The van der Waals surface area contributed by atoms with Crippen LogP contribution in [0, 0.1) is 0 Å². The highest BCUT2D eigenvalue weighted by molar-refractivity contribution is 5.91. The molecule has 0 amide bonds. The van der Waals surface area contributed by atoms with Crippen LogP contribution >= 0.6 is 0 Å². The molecule has 0 atom stereocenters. The Labute approximate surface area is 203 Å². The monoisotopic (exact) mass is 477 g/mol. The summed E-state index contributed by atoms with van der Waals surface area (Å²) in [5, 5.41) is 4.59. The van der Waals surface area contributed by atoms with Crippen molar-refractivity contribution in [1.29, 1.82) is 0 Å². The lowest BCUT2D eigenvalue weighted by molar-refractivity contribution is 0.581. The van der Waals surface area contributed by atoms with Crippen molar-refractivity contribution < 1.29 is 8.83 Å². The van der Waals surface area contributed by atoms with Gasteiger partial charge in [-0.3, -0.25) is 0 Å². The quantitative estimate of drug-likeness (QED) is 0.263.